The van der Waals surface area contributed by atoms with Crippen LogP contribution in [0.3, 0.4) is 0 Å². The van der Waals surface area contributed by atoms with Crippen LogP contribution in [0.4, 0.5) is 22.5 Å². The number of imide groups is 1. The average molecular weight is 528 g/mol. The van der Waals surface area contributed by atoms with Gasteiger partial charge >= 0.3 is 0 Å². The molecule has 0 atom stereocenters. The second kappa shape index (κ2) is 10.5. The number of nitrogens with one attached hydrogen (secondary N) is 2. The molecule has 194 valence electrons. The fourth-order valence-electron chi connectivity index (χ4n) is 5.17. The molecule has 2 aromatic heterocycles. The van der Waals surface area contributed by atoms with Gasteiger partial charge in [-0.2, -0.15) is 0 Å². The normalized spacial score (nSPS) is 19.8. The molecule has 2 aromatic carbocycles. The Hall–Kier alpha value is -3.82. The SMILES string of the molecule is O=C1CCC(=O)N1c1ccc2nc(Nc3cc(Cc4ccccc4)cc(N[C@H]4CC[C@H](O)CC4)n3)sc2c1. The van der Waals surface area contributed by atoms with Crippen LogP contribution in [0.5, 0.6) is 0 Å². The Kier molecular flexibility index (Phi) is 6.78. The van der Waals surface area contributed by atoms with Gasteiger partial charge in [0.05, 0.1) is 22.0 Å². The van der Waals surface area contributed by atoms with Crippen LogP contribution in [-0.4, -0.2) is 39.0 Å². The Bertz CT molecular complexity index is 1460. The molecule has 3 N–H and O–H groups in total. The van der Waals surface area contributed by atoms with Gasteiger partial charge in [-0.25, -0.2) is 9.97 Å². The third kappa shape index (κ3) is 5.39. The van der Waals surface area contributed by atoms with Gasteiger partial charge in [-0.15, -0.1) is 0 Å². The number of rotatable bonds is 7. The highest BCUT2D eigenvalue weighted by atomic mass is 32.1. The highest BCUT2D eigenvalue weighted by molar-refractivity contribution is 7.22. The van der Waals surface area contributed by atoms with Crippen molar-refractivity contribution >= 4 is 55.8 Å². The number of pyridine rings is 1. The molecule has 8 nitrogen and oxygen atoms in total. The van der Waals surface area contributed by atoms with Gasteiger partial charge in [0.15, 0.2) is 5.13 Å². The molecule has 2 aliphatic rings. The summed E-state index contributed by atoms with van der Waals surface area (Å²) in [6.07, 6.45) is 4.52. The molecule has 2 amide bonds. The van der Waals surface area contributed by atoms with Crippen LogP contribution in [0.2, 0.25) is 0 Å². The number of benzene rings is 2. The topological polar surface area (TPSA) is 107 Å². The molecular weight excluding hydrogens is 498 g/mol. The van der Waals surface area contributed by atoms with Crippen molar-refractivity contribution < 1.29 is 14.7 Å². The summed E-state index contributed by atoms with van der Waals surface area (Å²) in [5.41, 5.74) is 3.73. The molecule has 1 aliphatic carbocycles. The number of nitrogens with zero attached hydrogens (tertiary/aromatic N) is 3. The van der Waals surface area contributed by atoms with Crippen LogP contribution in [0.15, 0.2) is 60.7 Å². The minimum atomic E-state index is -0.205. The Morgan fingerprint density at radius 1 is 0.868 bits per heavy atom. The van der Waals surface area contributed by atoms with E-state index in [0.29, 0.717) is 16.6 Å². The number of carbonyl (C=O) groups excluding carboxylic acids is 2. The first-order chi connectivity index (χ1) is 18.5. The number of aliphatic hydroxyl groups is 1. The van der Waals surface area contributed by atoms with Crippen LogP contribution in [0.25, 0.3) is 10.2 Å². The molecule has 0 spiro atoms. The van der Waals surface area contributed by atoms with Crippen molar-refractivity contribution in [2.45, 2.75) is 57.1 Å². The largest absolute Gasteiger partial charge is 0.393 e. The Morgan fingerprint density at radius 3 is 2.37 bits per heavy atom. The zero-order valence-electron chi connectivity index (χ0n) is 20.9. The van der Waals surface area contributed by atoms with Gasteiger partial charge < -0.3 is 15.7 Å². The molecule has 0 radical (unpaired) electrons. The first-order valence-corrected chi connectivity index (χ1v) is 13.8. The summed E-state index contributed by atoms with van der Waals surface area (Å²) >= 11 is 1.46. The van der Waals surface area contributed by atoms with Gasteiger partial charge in [-0.3, -0.25) is 14.5 Å². The van der Waals surface area contributed by atoms with E-state index < -0.39 is 0 Å². The number of thiazole rings is 1. The van der Waals surface area contributed by atoms with Crippen LogP contribution >= 0.6 is 11.3 Å². The number of amides is 2. The van der Waals surface area contributed by atoms with E-state index in [0.717, 1.165) is 53.7 Å². The molecule has 1 saturated heterocycles. The van der Waals surface area contributed by atoms with E-state index in [-0.39, 0.29) is 36.8 Å². The molecule has 1 saturated carbocycles. The van der Waals surface area contributed by atoms with Gasteiger partial charge in [0, 0.05) is 18.9 Å². The molecule has 1 aliphatic heterocycles. The van der Waals surface area contributed by atoms with E-state index >= 15 is 0 Å². The average Bonchev–Trinajstić information content (AvgIpc) is 3.46. The van der Waals surface area contributed by atoms with Gasteiger partial charge in [-0.1, -0.05) is 41.7 Å². The monoisotopic (exact) mass is 527 g/mol. The molecule has 2 fully saturated rings. The Morgan fingerprint density at radius 2 is 1.61 bits per heavy atom. The summed E-state index contributed by atoms with van der Waals surface area (Å²) in [7, 11) is 0. The minimum absolute atomic E-state index is 0.163. The lowest BCUT2D eigenvalue weighted by molar-refractivity contribution is -0.121. The third-order valence-electron chi connectivity index (χ3n) is 7.10. The Labute approximate surface area is 224 Å². The molecule has 6 rings (SSSR count). The highest BCUT2D eigenvalue weighted by Crippen LogP contribution is 2.33. The molecule has 38 heavy (non-hydrogen) atoms. The third-order valence-corrected chi connectivity index (χ3v) is 8.04. The summed E-state index contributed by atoms with van der Waals surface area (Å²) in [6, 6.07) is 20.2. The predicted octanol–water partition coefficient (Wildman–Crippen LogP) is 5.39. The molecular formula is C29H29N5O3S. The maximum atomic E-state index is 12.2. The lowest BCUT2D eigenvalue weighted by Gasteiger charge is -2.27. The van der Waals surface area contributed by atoms with Gasteiger partial charge in [0.25, 0.3) is 0 Å². The summed E-state index contributed by atoms with van der Waals surface area (Å²) < 4.78 is 0.886. The van der Waals surface area contributed by atoms with Crippen molar-refractivity contribution in [3.63, 3.8) is 0 Å². The second-order valence-corrected chi connectivity index (χ2v) is 11.0. The van der Waals surface area contributed by atoms with Crippen LogP contribution < -0.4 is 15.5 Å². The zero-order valence-corrected chi connectivity index (χ0v) is 21.7. The van der Waals surface area contributed by atoms with Crippen LogP contribution in [-0.2, 0) is 16.0 Å². The first-order valence-electron chi connectivity index (χ1n) is 13.0. The van der Waals surface area contributed by atoms with Gasteiger partial charge in [0.1, 0.15) is 11.6 Å². The maximum absolute atomic E-state index is 12.2. The molecule has 0 bridgehead atoms. The first kappa shape index (κ1) is 24.5. The standard InChI is InChI=1S/C29H29N5O3S/c35-22-9-6-20(7-10-22)30-25-15-19(14-18-4-2-1-3-5-18)16-26(32-25)33-29-31-23-11-8-21(17-24(23)38-29)34-27(36)12-13-28(34)37/h1-5,8,11,15-17,20,22,35H,6-7,9-10,12-14H2,(H2,30,31,32,33)/t20-,22-. The van der Waals surface area contributed by atoms with E-state index in [1.807, 2.05) is 36.4 Å². The van der Waals surface area contributed by atoms with Crippen molar-refractivity contribution in [1.82, 2.24) is 9.97 Å². The number of hydrogen-bond donors (Lipinski definition) is 3. The maximum Gasteiger partial charge on any atom is 0.234 e. The summed E-state index contributed by atoms with van der Waals surface area (Å²) in [5, 5.41) is 17.5. The number of hydrogen-bond acceptors (Lipinski definition) is 8. The molecule has 3 heterocycles. The zero-order chi connectivity index (χ0) is 26.1. The van der Waals surface area contributed by atoms with Crippen molar-refractivity contribution in [2.24, 2.45) is 0 Å². The second-order valence-electron chi connectivity index (χ2n) is 9.98. The lowest BCUT2D eigenvalue weighted by atomic mass is 9.93. The number of anilines is 4. The summed E-state index contributed by atoms with van der Waals surface area (Å²) in [6.45, 7) is 0. The highest BCUT2D eigenvalue weighted by Gasteiger charge is 2.30. The van der Waals surface area contributed by atoms with Crippen molar-refractivity contribution in [1.29, 1.82) is 0 Å². The Balaban J connectivity index is 1.26. The van der Waals surface area contributed by atoms with Gasteiger partial charge in [0.2, 0.25) is 11.8 Å². The van der Waals surface area contributed by atoms with E-state index in [1.165, 1.54) is 21.8 Å². The van der Waals surface area contributed by atoms with Crippen LogP contribution in [0, 0.1) is 0 Å². The fraction of sp³-hybridized carbons (Fsp3) is 0.310. The van der Waals surface area contributed by atoms with E-state index in [1.54, 1.807) is 6.07 Å². The molecule has 9 heteroatoms. The summed E-state index contributed by atoms with van der Waals surface area (Å²) in [5.74, 6) is 1.17. The quantitative estimate of drug-likeness (QED) is 0.277. The van der Waals surface area contributed by atoms with Crippen LogP contribution in [0.1, 0.15) is 49.7 Å². The van der Waals surface area contributed by atoms with Crippen molar-refractivity contribution in [3.8, 4) is 0 Å². The van der Waals surface area contributed by atoms with Gasteiger partial charge in [-0.05, 0) is 73.6 Å². The minimum Gasteiger partial charge on any atom is -0.393 e. The number of aliphatic hydroxyl groups excluding tert-OH is 1. The fourth-order valence-corrected chi connectivity index (χ4v) is 6.07. The molecule has 4 aromatic rings. The smallest absolute Gasteiger partial charge is 0.234 e. The van der Waals surface area contributed by atoms with Crippen molar-refractivity contribution in [2.75, 3.05) is 15.5 Å². The van der Waals surface area contributed by atoms with E-state index in [2.05, 4.69) is 28.8 Å². The summed E-state index contributed by atoms with van der Waals surface area (Å²) in [4.78, 5) is 35.2. The van der Waals surface area contributed by atoms with E-state index in [4.69, 9.17) is 9.97 Å². The number of fused-ring (bicyclic) bond motifs is 1. The molecule has 0 unspecified atom stereocenters. The predicted molar refractivity (Wildman–Crippen MR) is 150 cm³/mol. The lowest BCUT2D eigenvalue weighted by Crippen LogP contribution is -2.28. The van der Waals surface area contributed by atoms with Crippen molar-refractivity contribution in [3.05, 3.63) is 71.8 Å². The number of carbonyl (C=O) groups is 2. The number of aromatic nitrogens is 2. The van der Waals surface area contributed by atoms with E-state index in [9.17, 15) is 14.7 Å².